The second-order valence-electron chi connectivity index (χ2n) is 5.56. The van der Waals surface area contributed by atoms with Gasteiger partial charge >= 0.3 is 0 Å². The lowest BCUT2D eigenvalue weighted by atomic mass is 9.85. The third-order valence-electron chi connectivity index (χ3n) is 3.94. The molecule has 0 aliphatic heterocycles. The van der Waals surface area contributed by atoms with Gasteiger partial charge in [-0.25, -0.2) is 24.9 Å². The van der Waals surface area contributed by atoms with Crippen molar-refractivity contribution in [3.05, 3.63) is 35.9 Å². The molecule has 7 heteroatoms. The van der Waals surface area contributed by atoms with Gasteiger partial charge in [-0.05, 0) is 25.8 Å². The first-order valence-electron chi connectivity index (χ1n) is 7.41. The zero-order valence-corrected chi connectivity index (χ0v) is 13.1. The van der Waals surface area contributed by atoms with Gasteiger partial charge in [-0.2, -0.15) is 0 Å². The fraction of sp³-hybridized carbons (Fsp3) is 0.400. The van der Waals surface area contributed by atoms with Gasteiger partial charge in [-0.3, -0.25) is 0 Å². The molecule has 0 radical (unpaired) electrons. The summed E-state index contributed by atoms with van der Waals surface area (Å²) in [6.45, 7) is 2.04. The Morgan fingerprint density at radius 2 is 2.14 bits per heavy atom. The SMILES string of the molecule is Cc1cc(CSc2ncnc3nc[nH]c23)nc(C2CCC2)n1. The van der Waals surface area contributed by atoms with Crippen LogP contribution >= 0.6 is 11.8 Å². The molecule has 0 spiro atoms. The number of fused-ring (bicyclic) bond motifs is 1. The van der Waals surface area contributed by atoms with Crippen LogP contribution in [-0.4, -0.2) is 29.9 Å². The van der Waals surface area contributed by atoms with Crippen molar-refractivity contribution in [1.29, 1.82) is 0 Å². The Kier molecular flexibility index (Phi) is 3.49. The van der Waals surface area contributed by atoms with E-state index in [9.17, 15) is 0 Å². The molecule has 1 fully saturated rings. The van der Waals surface area contributed by atoms with Gasteiger partial charge in [0.2, 0.25) is 0 Å². The van der Waals surface area contributed by atoms with E-state index in [4.69, 9.17) is 4.98 Å². The van der Waals surface area contributed by atoms with Crippen molar-refractivity contribution >= 4 is 22.9 Å². The molecule has 0 saturated heterocycles. The molecular formula is C15H16N6S. The molecule has 1 aliphatic carbocycles. The highest BCUT2D eigenvalue weighted by Gasteiger charge is 2.22. The lowest BCUT2D eigenvalue weighted by Gasteiger charge is -2.24. The minimum Gasteiger partial charge on any atom is -0.341 e. The summed E-state index contributed by atoms with van der Waals surface area (Å²) in [5.41, 5.74) is 3.69. The molecule has 0 amide bonds. The number of hydrogen-bond acceptors (Lipinski definition) is 6. The van der Waals surface area contributed by atoms with Gasteiger partial charge in [-0.15, -0.1) is 0 Å². The lowest BCUT2D eigenvalue weighted by molar-refractivity contribution is 0.400. The Morgan fingerprint density at radius 1 is 1.23 bits per heavy atom. The number of rotatable bonds is 4. The third kappa shape index (κ3) is 2.56. The third-order valence-corrected chi connectivity index (χ3v) is 4.96. The lowest BCUT2D eigenvalue weighted by Crippen LogP contribution is -2.14. The second kappa shape index (κ2) is 5.64. The fourth-order valence-electron chi connectivity index (χ4n) is 2.58. The average molecular weight is 312 g/mol. The molecule has 1 saturated carbocycles. The average Bonchev–Trinajstić information content (AvgIpc) is 2.91. The van der Waals surface area contributed by atoms with Crippen LogP contribution in [0.5, 0.6) is 0 Å². The van der Waals surface area contributed by atoms with Gasteiger partial charge in [-0.1, -0.05) is 18.2 Å². The minimum atomic E-state index is 0.557. The molecule has 3 aromatic heterocycles. The number of nitrogens with zero attached hydrogens (tertiary/aromatic N) is 5. The highest BCUT2D eigenvalue weighted by atomic mass is 32.2. The van der Waals surface area contributed by atoms with E-state index in [1.54, 1.807) is 24.4 Å². The number of aryl methyl sites for hydroxylation is 1. The van der Waals surface area contributed by atoms with E-state index in [0.717, 1.165) is 33.5 Å². The summed E-state index contributed by atoms with van der Waals surface area (Å²) in [5, 5.41) is 0.906. The Hall–Kier alpha value is -2.02. The van der Waals surface area contributed by atoms with Gasteiger partial charge in [0.15, 0.2) is 5.65 Å². The molecule has 4 rings (SSSR count). The van der Waals surface area contributed by atoms with Crippen LogP contribution in [0.2, 0.25) is 0 Å². The van der Waals surface area contributed by atoms with Gasteiger partial charge in [0.05, 0.1) is 12.0 Å². The normalized spacial score (nSPS) is 15.1. The van der Waals surface area contributed by atoms with Crippen LogP contribution in [0.15, 0.2) is 23.7 Å². The number of H-pyrrole nitrogens is 1. The number of aromatic amines is 1. The van der Waals surface area contributed by atoms with Crippen molar-refractivity contribution in [3.63, 3.8) is 0 Å². The van der Waals surface area contributed by atoms with E-state index in [1.807, 2.05) is 6.92 Å². The summed E-state index contributed by atoms with van der Waals surface area (Å²) in [6, 6.07) is 2.06. The molecule has 22 heavy (non-hydrogen) atoms. The molecule has 3 aromatic rings. The number of aromatic nitrogens is 6. The summed E-state index contributed by atoms with van der Waals surface area (Å²) < 4.78 is 0. The van der Waals surface area contributed by atoms with Crippen molar-refractivity contribution in [2.24, 2.45) is 0 Å². The van der Waals surface area contributed by atoms with E-state index in [2.05, 4.69) is 31.0 Å². The van der Waals surface area contributed by atoms with Crippen molar-refractivity contribution in [3.8, 4) is 0 Å². The summed E-state index contributed by atoms with van der Waals surface area (Å²) in [7, 11) is 0. The van der Waals surface area contributed by atoms with Crippen LogP contribution in [0, 0.1) is 6.92 Å². The van der Waals surface area contributed by atoms with Crippen LogP contribution in [0.3, 0.4) is 0 Å². The number of nitrogens with one attached hydrogen (secondary N) is 1. The molecule has 0 atom stereocenters. The monoisotopic (exact) mass is 312 g/mol. The zero-order valence-electron chi connectivity index (χ0n) is 12.3. The Balaban J connectivity index is 1.56. The summed E-state index contributed by atoms with van der Waals surface area (Å²) in [4.78, 5) is 25.1. The standard InChI is InChI=1S/C15H16N6S/c1-9-5-11(21-13(20-9)10-3-2-4-10)6-22-15-12-14(17-7-16-12)18-8-19-15/h5,7-8,10H,2-4,6H2,1H3,(H,16,17,18,19). The Morgan fingerprint density at radius 3 is 2.95 bits per heavy atom. The van der Waals surface area contributed by atoms with Crippen molar-refractivity contribution in [2.75, 3.05) is 0 Å². The molecule has 112 valence electrons. The Bertz CT molecular complexity index is 811. The Labute approximate surface area is 132 Å². The first-order chi connectivity index (χ1) is 10.8. The van der Waals surface area contributed by atoms with Crippen molar-refractivity contribution in [2.45, 2.75) is 42.9 Å². The maximum absolute atomic E-state index is 4.74. The molecule has 1 N–H and O–H groups in total. The van der Waals surface area contributed by atoms with Crippen LogP contribution in [0.4, 0.5) is 0 Å². The first-order valence-corrected chi connectivity index (χ1v) is 8.39. The smallest absolute Gasteiger partial charge is 0.181 e. The molecular weight excluding hydrogens is 296 g/mol. The highest BCUT2D eigenvalue weighted by molar-refractivity contribution is 7.98. The zero-order chi connectivity index (χ0) is 14.9. The van der Waals surface area contributed by atoms with Crippen LogP contribution in [0.25, 0.3) is 11.2 Å². The highest BCUT2D eigenvalue weighted by Crippen LogP contribution is 2.35. The predicted molar refractivity (Wildman–Crippen MR) is 84.6 cm³/mol. The maximum atomic E-state index is 4.74. The maximum Gasteiger partial charge on any atom is 0.181 e. The van der Waals surface area contributed by atoms with E-state index in [1.165, 1.54) is 19.3 Å². The minimum absolute atomic E-state index is 0.557. The van der Waals surface area contributed by atoms with Crippen LogP contribution in [0.1, 0.15) is 42.4 Å². The van der Waals surface area contributed by atoms with E-state index in [0.29, 0.717) is 11.6 Å². The fourth-order valence-corrected chi connectivity index (χ4v) is 3.42. The van der Waals surface area contributed by atoms with Crippen molar-refractivity contribution in [1.82, 2.24) is 29.9 Å². The van der Waals surface area contributed by atoms with Crippen LogP contribution in [-0.2, 0) is 5.75 Å². The molecule has 6 nitrogen and oxygen atoms in total. The molecule has 3 heterocycles. The summed E-state index contributed by atoms with van der Waals surface area (Å²) >= 11 is 1.65. The van der Waals surface area contributed by atoms with Gasteiger partial charge in [0.1, 0.15) is 22.7 Å². The van der Waals surface area contributed by atoms with Crippen molar-refractivity contribution < 1.29 is 0 Å². The number of hydrogen-bond donors (Lipinski definition) is 1. The van der Waals surface area contributed by atoms with E-state index >= 15 is 0 Å². The van der Waals surface area contributed by atoms with E-state index in [-0.39, 0.29) is 0 Å². The summed E-state index contributed by atoms with van der Waals surface area (Å²) in [5.74, 6) is 2.34. The quantitative estimate of drug-likeness (QED) is 0.589. The molecule has 0 aromatic carbocycles. The number of thioether (sulfide) groups is 1. The first kappa shape index (κ1) is 13.6. The molecule has 0 bridgehead atoms. The molecule has 0 unspecified atom stereocenters. The van der Waals surface area contributed by atoms with Gasteiger partial charge in [0, 0.05) is 17.4 Å². The molecule has 1 aliphatic rings. The topological polar surface area (TPSA) is 80.2 Å². The van der Waals surface area contributed by atoms with Gasteiger partial charge in [0.25, 0.3) is 0 Å². The largest absolute Gasteiger partial charge is 0.341 e. The van der Waals surface area contributed by atoms with Gasteiger partial charge < -0.3 is 4.98 Å². The van der Waals surface area contributed by atoms with E-state index < -0.39 is 0 Å². The summed E-state index contributed by atoms with van der Waals surface area (Å²) in [6.07, 6.45) is 6.93. The van der Waals surface area contributed by atoms with Crippen LogP contribution < -0.4 is 0 Å². The second-order valence-corrected chi connectivity index (χ2v) is 6.52. The number of imidazole rings is 1. The predicted octanol–water partition coefficient (Wildman–Crippen LogP) is 3.01.